The van der Waals surface area contributed by atoms with Gasteiger partial charge in [0, 0.05) is 18.3 Å². The van der Waals surface area contributed by atoms with Gasteiger partial charge in [0.2, 0.25) is 0 Å². The lowest BCUT2D eigenvalue weighted by Crippen LogP contribution is -2.09. The van der Waals surface area contributed by atoms with E-state index >= 15 is 0 Å². The van der Waals surface area contributed by atoms with Gasteiger partial charge in [0.15, 0.2) is 0 Å². The Morgan fingerprint density at radius 1 is 1.32 bits per heavy atom. The molecule has 0 aliphatic carbocycles. The van der Waals surface area contributed by atoms with E-state index in [1.807, 2.05) is 18.2 Å². The molecule has 2 aromatic rings. The Hall–Kier alpha value is -2.07. The second-order valence-electron chi connectivity index (χ2n) is 3.94. The fourth-order valence-corrected chi connectivity index (χ4v) is 1.67. The van der Waals surface area contributed by atoms with E-state index in [2.05, 4.69) is 4.98 Å². The van der Waals surface area contributed by atoms with Crippen molar-refractivity contribution < 1.29 is 9.53 Å². The highest BCUT2D eigenvalue weighted by Crippen LogP contribution is 2.19. The van der Waals surface area contributed by atoms with Crippen LogP contribution in [0.25, 0.3) is 0 Å². The van der Waals surface area contributed by atoms with Crippen LogP contribution in [0.3, 0.4) is 0 Å². The minimum absolute atomic E-state index is 0.276. The molecule has 1 aromatic carbocycles. The smallest absolute Gasteiger partial charge is 0.338 e. The Morgan fingerprint density at radius 3 is 2.84 bits per heavy atom. The van der Waals surface area contributed by atoms with Crippen molar-refractivity contribution in [3.8, 4) is 0 Å². The van der Waals surface area contributed by atoms with Crippen LogP contribution in [-0.2, 0) is 11.2 Å². The number of aromatic nitrogens is 1. The quantitative estimate of drug-likeness (QED) is 0.689. The van der Waals surface area contributed by atoms with Crippen molar-refractivity contribution in [2.45, 2.75) is 6.42 Å². The number of hydrogen-bond acceptors (Lipinski definition) is 4. The second kappa shape index (κ2) is 6.20. The SMILES string of the molecule is Nc1cc(C(=O)OCCc2ccccn2)ccc1Cl. The molecule has 0 fully saturated rings. The molecule has 0 bridgehead atoms. The van der Waals surface area contributed by atoms with Crippen molar-refractivity contribution in [1.82, 2.24) is 4.98 Å². The lowest BCUT2D eigenvalue weighted by atomic mass is 10.2. The Morgan fingerprint density at radius 2 is 2.16 bits per heavy atom. The maximum absolute atomic E-state index is 11.8. The van der Waals surface area contributed by atoms with E-state index in [1.54, 1.807) is 18.3 Å². The van der Waals surface area contributed by atoms with Gasteiger partial charge in [-0.25, -0.2) is 4.79 Å². The third kappa shape index (κ3) is 3.69. The molecule has 0 unspecified atom stereocenters. The zero-order valence-electron chi connectivity index (χ0n) is 10.2. The highest BCUT2D eigenvalue weighted by atomic mass is 35.5. The van der Waals surface area contributed by atoms with Crippen LogP contribution in [0.15, 0.2) is 42.6 Å². The van der Waals surface area contributed by atoms with Crippen LogP contribution in [0.1, 0.15) is 16.1 Å². The van der Waals surface area contributed by atoms with E-state index in [-0.39, 0.29) is 6.61 Å². The second-order valence-corrected chi connectivity index (χ2v) is 4.35. The van der Waals surface area contributed by atoms with Crippen molar-refractivity contribution in [3.05, 3.63) is 58.9 Å². The summed E-state index contributed by atoms with van der Waals surface area (Å²) < 4.78 is 5.15. The molecule has 1 heterocycles. The van der Waals surface area contributed by atoms with Crippen LogP contribution >= 0.6 is 11.6 Å². The van der Waals surface area contributed by atoms with Gasteiger partial charge in [0.1, 0.15) is 0 Å². The number of nitrogens with two attached hydrogens (primary N) is 1. The van der Waals surface area contributed by atoms with Crippen molar-refractivity contribution in [1.29, 1.82) is 0 Å². The maximum Gasteiger partial charge on any atom is 0.338 e. The van der Waals surface area contributed by atoms with E-state index in [0.717, 1.165) is 5.69 Å². The lowest BCUT2D eigenvalue weighted by molar-refractivity contribution is 0.0508. The predicted molar refractivity (Wildman–Crippen MR) is 74.1 cm³/mol. The predicted octanol–water partition coefficient (Wildman–Crippen LogP) is 2.72. The van der Waals surface area contributed by atoms with Crippen LogP contribution < -0.4 is 5.73 Å². The summed E-state index contributed by atoms with van der Waals surface area (Å²) in [7, 11) is 0. The normalized spacial score (nSPS) is 10.2. The van der Waals surface area contributed by atoms with Crippen LogP contribution in [0, 0.1) is 0 Å². The van der Waals surface area contributed by atoms with Crippen molar-refractivity contribution in [3.63, 3.8) is 0 Å². The minimum atomic E-state index is -0.417. The van der Waals surface area contributed by atoms with Gasteiger partial charge in [-0.2, -0.15) is 0 Å². The number of rotatable bonds is 4. The van der Waals surface area contributed by atoms with Gasteiger partial charge in [0.05, 0.1) is 22.9 Å². The molecule has 4 nitrogen and oxygen atoms in total. The fraction of sp³-hybridized carbons (Fsp3) is 0.143. The Bertz CT molecular complexity index is 573. The van der Waals surface area contributed by atoms with Crippen LogP contribution in [0.2, 0.25) is 5.02 Å². The molecule has 0 radical (unpaired) electrons. The molecule has 0 amide bonds. The van der Waals surface area contributed by atoms with Gasteiger partial charge >= 0.3 is 5.97 Å². The first-order valence-electron chi connectivity index (χ1n) is 5.79. The van der Waals surface area contributed by atoms with Gasteiger partial charge in [0.25, 0.3) is 0 Å². The Kier molecular flexibility index (Phi) is 4.36. The van der Waals surface area contributed by atoms with E-state index in [4.69, 9.17) is 22.1 Å². The molecular weight excluding hydrogens is 264 g/mol. The number of ether oxygens (including phenoxy) is 1. The summed E-state index contributed by atoms with van der Waals surface area (Å²) >= 11 is 5.78. The lowest BCUT2D eigenvalue weighted by Gasteiger charge is -2.06. The highest BCUT2D eigenvalue weighted by Gasteiger charge is 2.09. The average Bonchev–Trinajstić information content (AvgIpc) is 2.43. The van der Waals surface area contributed by atoms with Gasteiger partial charge in [-0.15, -0.1) is 0 Å². The number of pyridine rings is 1. The number of carbonyl (C=O) groups excluding carboxylic acids is 1. The summed E-state index contributed by atoms with van der Waals surface area (Å²) in [5, 5.41) is 0.421. The minimum Gasteiger partial charge on any atom is -0.462 e. The van der Waals surface area contributed by atoms with Crippen molar-refractivity contribution >= 4 is 23.3 Å². The third-order valence-corrected chi connectivity index (χ3v) is 2.89. The van der Waals surface area contributed by atoms with Gasteiger partial charge in [-0.1, -0.05) is 17.7 Å². The number of anilines is 1. The Balaban J connectivity index is 1.89. The number of nitrogen functional groups attached to an aromatic ring is 1. The van der Waals surface area contributed by atoms with E-state index in [1.165, 1.54) is 6.07 Å². The van der Waals surface area contributed by atoms with Gasteiger partial charge in [-0.3, -0.25) is 4.98 Å². The van der Waals surface area contributed by atoms with E-state index in [0.29, 0.717) is 22.7 Å². The van der Waals surface area contributed by atoms with Gasteiger partial charge < -0.3 is 10.5 Å². The standard InChI is InChI=1S/C14H13ClN2O2/c15-12-5-4-10(9-13(12)16)14(18)19-8-6-11-3-1-2-7-17-11/h1-5,7,9H,6,8,16H2. The van der Waals surface area contributed by atoms with E-state index in [9.17, 15) is 4.79 Å². The van der Waals surface area contributed by atoms with Crippen molar-refractivity contribution in [2.24, 2.45) is 0 Å². The molecule has 0 spiro atoms. The third-order valence-electron chi connectivity index (χ3n) is 2.55. The van der Waals surface area contributed by atoms with Crippen LogP contribution in [0.4, 0.5) is 5.69 Å². The van der Waals surface area contributed by atoms with Crippen LogP contribution in [0.5, 0.6) is 0 Å². The zero-order valence-corrected chi connectivity index (χ0v) is 10.9. The van der Waals surface area contributed by atoms with Gasteiger partial charge in [-0.05, 0) is 30.3 Å². The molecule has 0 aliphatic rings. The summed E-state index contributed by atoms with van der Waals surface area (Å²) in [6.45, 7) is 0.276. The van der Waals surface area contributed by atoms with Crippen LogP contribution in [-0.4, -0.2) is 17.6 Å². The summed E-state index contributed by atoms with van der Waals surface area (Å²) in [6, 6.07) is 10.3. The molecule has 0 saturated heterocycles. The number of benzene rings is 1. The molecule has 2 N–H and O–H groups in total. The monoisotopic (exact) mass is 276 g/mol. The largest absolute Gasteiger partial charge is 0.462 e. The molecule has 19 heavy (non-hydrogen) atoms. The molecule has 2 rings (SSSR count). The van der Waals surface area contributed by atoms with Crippen molar-refractivity contribution in [2.75, 3.05) is 12.3 Å². The topological polar surface area (TPSA) is 65.2 Å². The maximum atomic E-state index is 11.8. The number of esters is 1. The summed E-state index contributed by atoms with van der Waals surface area (Å²) in [4.78, 5) is 15.9. The molecule has 1 aromatic heterocycles. The van der Waals surface area contributed by atoms with E-state index < -0.39 is 5.97 Å². The number of halogens is 1. The molecule has 98 valence electrons. The Labute approximate surface area is 116 Å². The molecule has 0 aliphatic heterocycles. The molecular formula is C14H13ClN2O2. The molecule has 0 saturated carbocycles. The zero-order chi connectivity index (χ0) is 13.7. The molecule has 5 heteroatoms. The summed E-state index contributed by atoms with van der Waals surface area (Å²) in [5.41, 5.74) is 7.26. The first-order valence-corrected chi connectivity index (χ1v) is 6.16. The average molecular weight is 277 g/mol. The molecule has 0 atom stereocenters. The number of carbonyl (C=O) groups is 1. The summed E-state index contributed by atoms with van der Waals surface area (Å²) in [5.74, 6) is -0.417. The highest BCUT2D eigenvalue weighted by molar-refractivity contribution is 6.33. The first-order chi connectivity index (χ1) is 9.16. The fourth-order valence-electron chi connectivity index (χ4n) is 1.55. The number of nitrogens with zero attached hydrogens (tertiary/aromatic N) is 1. The first kappa shape index (κ1) is 13.4. The number of hydrogen-bond donors (Lipinski definition) is 1. The summed E-state index contributed by atoms with van der Waals surface area (Å²) in [6.07, 6.45) is 2.28.